The van der Waals surface area contributed by atoms with Crippen LogP contribution in [-0.2, 0) is 24.7 Å². The first kappa shape index (κ1) is 22.9. The predicted molar refractivity (Wildman–Crippen MR) is 139 cm³/mol. The number of hydrogen-bond donors (Lipinski definition) is 1. The van der Waals surface area contributed by atoms with Crippen LogP contribution in [-0.4, -0.2) is 27.8 Å². The zero-order valence-corrected chi connectivity index (χ0v) is 19.9. The average molecular weight is 456 g/mol. The zero-order chi connectivity index (χ0) is 23.0. The second kappa shape index (κ2) is 11.0. The Labute approximate surface area is 199 Å². The van der Waals surface area contributed by atoms with Crippen LogP contribution in [0.4, 0.5) is 0 Å². The van der Waals surface area contributed by atoms with Crippen molar-refractivity contribution < 1.29 is 4.79 Å². The van der Waals surface area contributed by atoms with Crippen molar-refractivity contribution in [1.29, 1.82) is 0 Å². The molecule has 4 aromatic rings. The minimum Gasteiger partial charge on any atom is -0.356 e. The molecule has 2 aromatic heterocycles. The van der Waals surface area contributed by atoms with Crippen LogP contribution < -0.4 is 5.32 Å². The first-order valence-corrected chi connectivity index (χ1v) is 12.2. The summed E-state index contributed by atoms with van der Waals surface area (Å²) in [6, 6.07) is 23.1. The molecule has 4 nitrogen and oxygen atoms in total. The third-order valence-corrected chi connectivity index (χ3v) is 6.57. The number of aromatic nitrogens is 2. The summed E-state index contributed by atoms with van der Waals surface area (Å²) in [5.41, 5.74) is 5.98. The fraction of sp³-hybridized carbons (Fsp3) is 0.214. The molecule has 1 N–H and O–H groups in total. The molecule has 5 heteroatoms. The maximum atomic E-state index is 11.4. The van der Waals surface area contributed by atoms with Crippen molar-refractivity contribution in [2.24, 2.45) is 7.05 Å². The monoisotopic (exact) mass is 455 g/mol. The molecule has 0 aliphatic heterocycles. The quantitative estimate of drug-likeness (QED) is 0.332. The van der Waals surface area contributed by atoms with Gasteiger partial charge in [-0.2, -0.15) is 0 Å². The third kappa shape index (κ3) is 5.93. The highest BCUT2D eigenvalue weighted by Crippen LogP contribution is 2.30. The van der Waals surface area contributed by atoms with E-state index in [0.717, 1.165) is 29.1 Å². The molecule has 0 bridgehead atoms. The second-order valence-electron chi connectivity index (χ2n) is 8.05. The van der Waals surface area contributed by atoms with Crippen molar-refractivity contribution in [3.63, 3.8) is 0 Å². The van der Waals surface area contributed by atoms with Gasteiger partial charge in [-0.05, 0) is 29.2 Å². The molecule has 0 radical (unpaired) electrons. The number of benzene rings is 2. The van der Waals surface area contributed by atoms with Gasteiger partial charge in [0.1, 0.15) is 5.65 Å². The van der Waals surface area contributed by atoms with E-state index < -0.39 is 0 Å². The molecule has 0 saturated carbocycles. The van der Waals surface area contributed by atoms with E-state index in [4.69, 9.17) is 4.98 Å². The van der Waals surface area contributed by atoms with Gasteiger partial charge in [-0.25, -0.2) is 4.98 Å². The van der Waals surface area contributed by atoms with Crippen molar-refractivity contribution in [2.75, 3.05) is 12.3 Å². The summed E-state index contributed by atoms with van der Waals surface area (Å²) >= 11 is 1.78. The number of fused-ring (bicyclic) bond motifs is 1. The van der Waals surface area contributed by atoms with Crippen LogP contribution in [0.1, 0.15) is 29.3 Å². The van der Waals surface area contributed by atoms with Crippen LogP contribution in [0.5, 0.6) is 0 Å². The van der Waals surface area contributed by atoms with Gasteiger partial charge in [0.2, 0.25) is 5.91 Å². The Bertz CT molecular complexity index is 1250. The molecule has 0 unspecified atom stereocenters. The largest absolute Gasteiger partial charge is 0.356 e. The summed E-state index contributed by atoms with van der Waals surface area (Å²) < 4.78 is 2.20. The highest BCUT2D eigenvalue weighted by atomic mass is 32.2. The van der Waals surface area contributed by atoms with Crippen molar-refractivity contribution in [3.05, 3.63) is 101 Å². The van der Waals surface area contributed by atoms with Crippen LogP contribution in [0.2, 0.25) is 0 Å². The van der Waals surface area contributed by atoms with E-state index in [1.807, 2.05) is 18.3 Å². The van der Waals surface area contributed by atoms with Gasteiger partial charge < -0.3 is 9.88 Å². The fourth-order valence-electron chi connectivity index (χ4n) is 4.04. The Morgan fingerprint density at radius 1 is 1.09 bits per heavy atom. The third-order valence-electron chi connectivity index (χ3n) is 5.66. The molecular formula is C28H29N3OS. The molecule has 0 spiro atoms. The lowest BCUT2D eigenvalue weighted by atomic mass is 10.0. The number of nitrogens with zero attached hydrogens (tertiary/aromatic N) is 2. The predicted octanol–water partition coefficient (Wildman–Crippen LogP) is 5.65. The number of hydrogen-bond acceptors (Lipinski definition) is 3. The molecule has 0 aliphatic carbocycles. The number of amides is 1. The standard InChI is InChI=1S/C28H29N3OS/c1-21(32)29-16-15-25-26-19-24(33-17-9-14-22-10-5-3-6-11-22)20-30-28(26)31(2)27(25)18-23-12-7-4-8-13-23/h3-14,19-20H,15-18H2,1-2H3,(H,29,32). The molecule has 2 heterocycles. The van der Waals surface area contributed by atoms with Crippen LogP contribution in [0.3, 0.4) is 0 Å². The van der Waals surface area contributed by atoms with E-state index in [0.29, 0.717) is 6.54 Å². The minimum absolute atomic E-state index is 0.000538. The lowest BCUT2D eigenvalue weighted by Crippen LogP contribution is -2.22. The van der Waals surface area contributed by atoms with Crippen LogP contribution >= 0.6 is 11.8 Å². The van der Waals surface area contributed by atoms with Crippen molar-refractivity contribution in [1.82, 2.24) is 14.9 Å². The number of carbonyl (C=O) groups is 1. The Morgan fingerprint density at radius 3 is 2.55 bits per heavy atom. The van der Waals surface area contributed by atoms with Crippen molar-refractivity contribution >= 4 is 34.8 Å². The van der Waals surface area contributed by atoms with Crippen molar-refractivity contribution in [2.45, 2.75) is 24.7 Å². The lowest BCUT2D eigenvalue weighted by Gasteiger charge is -2.09. The van der Waals surface area contributed by atoms with Gasteiger partial charge in [-0.1, -0.05) is 72.8 Å². The Hall–Kier alpha value is -3.31. The van der Waals surface area contributed by atoms with E-state index in [-0.39, 0.29) is 5.91 Å². The summed E-state index contributed by atoms with van der Waals surface area (Å²) in [5, 5.41) is 4.12. The summed E-state index contributed by atoms with van der Waals surface area (Å²) in [7, 11) is 2.09. The average Bonchev–Trinajstić information content (AvgIpc) is 3.08. The molecule has 0 atom stereocenters. The normalized spacial score (nSPS) is 11.3. The molecule has 2 aromatic carbocycles. The second-order valence-corrected chi connectivity index (χ2v) is 9.14. The molecule has 33 heavy (non-hydrogen) atoms. The van der Waals surface area contributed by atoms with E-state index >= 15 is 0 Å². The highest BCUT2D eigenvalue weighted by molar-refractivity contribution is 7.99. The lowest BCUT2D eigenvalue weighted by molar-refractivity contribution is -0.118. The number of thioether (sulfide) groups is 1. The summed E-state index contributed by atoms with van der Waals surface area (Å²) in [6.07, 6.45) is 7.92. The first-order chi connectivity index (χ1) is 16.1. The molecule has 1 amide bonds. The van der Waals surface area contributed by atoms with Gasteiger partial charge in [0.05, 0.1) is 0 Å². The summed E-state index contributed by atoms with van der Waals surface area (Å²) in [4.78, 5) is 17.4. The van der Waals surface area contributed by atoms with Crippen LogP contribution in [0.15, 0.2) is 83.9 Å². The van der Waals surface area contributed by atoms with Gasteiger partial charge >= 0.3 is 0 Å². The van der Waals surface area contributed by atoms with E-state index in [1.54, 1.807) is 18.7 Å². The van der Waals surface area contributed by atoms with Gasteiger partial charge in [0, 0.05) is 54.9 Å². The summed E-state index contributed by atoms with van der Waals surface area (Å²) in [5.74, 6) is 0.881. The number of pyridine rings is 1. The van der Waals surface area contributed by atoms with Gasteiger partial charge in [0.15, 0.2) is 0 Å². The maximum Gasteiger partial charge on any atom is 0.216 e. The maximum absolute atomic E-state index is 11.4. The highest BCUT2D eigenvalue weighted by Gasteiger charge is 2.17. The zero-order valence-electron chi connectivity index (χ0n) is 19.1. The Morgan fingerprint density at radius 2 is 1.82 bits per heavy atom. The first-order valence-electron chi connectivity index (χ1n) is 11.2. The fourth-order valence-corrected chi connectivity index (χ4v) is 4.76. The Kier molecular flexibility index (Phi) is 7.63. The molecule has 0 aliphatic rings. The number of nitrogens with one attached hydrogen (secondary N) is 1. The van der Waals surface area contributed by atoms with Gasteiger partial charge in [-0.3, -0.25) is 4.79 Å². The molecular weight excluding hydrogens is 426 g/mol. The van der Waals surface area contributed by atoms with Gasteiger partial charge in [-0.15, -0.1) is 11.8 Å². The SMILES string of the molecule is CC(=O)NCCc1c(Cc2ccccc2)n(C)c2ncc(SCC=Cc3ccccc3)cc12. The smallest absolute Gasteiger partial charge is 0.216 e. The molecule has 0 saturated heterocycles. The molecule has 4 rings (SSSR count). The number of carbonyl (C=O) groups excluding carboxylic acids is 1. The molecule has 168 valence electrons. The van der Waals surface area contributed by atoms with Gasteiger partial charge in [0.25, 0.3) is 0 Å². The van der Waals surface area contributed by atoms with E-state index in [2.05, 4.69) is 83.7 Å². The minimum atomic E-state index is -0.000538. The van der Waals surface area contributed by atoms with Crippen LogP contribution in [0.25, 0.3) is 17.1 Å². The molecule has 0 fully saturated rings. The summed E-state index contributed by atoms with van der Waals surface area (Å²) in [6.45, 7) is 2.18. The van der Waals surface area contributed by atoms with E-state index in [9.17, 15) is 4.79 Å². The van der Waals surface area contributed by atoms with Crippen LogP contribution in [0, 0.1) is 0 Å². The Balaban J connectivity index is 1.59. The topological polar surface area (TPSA) is 46.9 Å². The number of aryl methyl sites for hydroxylation is 1. The van der Waals surface area contributed by atoms with Crippen molar-refractivity contribution in [3.8, 4) is 0 Å². The van der Waals surface area contributed by atoms with E-state index in [1.165, 1.54) is 27.8 Å². The number of rotatable bonds is 9.